The summed E-state index contributed by atoms with van der Waals surface area (Å²) >= 11 is 0. The average molecular weight is 283 g/mol. The number of carbonyl (C=O) groups excluding carboxylic acids is 1. The van der Waals surface area contributed by atoms with E-state index >= 15 is 0 Å². The molecule has 0 aliphatic rings. The molecule has 0 atom stereocenters. The minimum absolute atomic E-state index is 0.0449. The van der Waals surface area contributed by atoms with Crippen LogP contribution in [0.4, 0.5) is 5.69 Å². The van der Waals surface area contributed by atoms with Crippen LogP contribution in [0.3, 0.4) is 0 Å². The number of hydrogen-bond acceptors (Lipinski definition) is 3. The first-order valence-corrected chi connectivity index (χ1v) is 7.10. The van der Waals surface area contributed by atoms with E-state index in [1.165, 1.54) is 0 Å². The van der Waals surface area contributed by atoms with Crippen LogP contribution in [0, 0.1) is 0 Å². The Morgan fingerprint density at radius 3 is 2.43 bits per heavy atom. The fraction of sp³-hybridized carbons (Fsp3) is 0.294. The molecule has 4 heteroatoms. The van der Waals surface area contributed by atoms with Crippen LogP contribution in [-0.4, -0.2) is 28.9 Å². The number of benzene rings is 1. The zero-order valence-electron chi connectivity index (χ0n) is 12.7. The van der Waals surface area contributed by atoms with Gasteiger partial charge in [-0.2, -0.15) is 0 Å². The summed E-state index contributed by atoms with van der Waals surface area (Å²) < 4.78 is 0. The van der Waals surface area contributed by atoms with Gasteiger partial charge in [0.05, 0.1) is 11.9 Å². The van der Waals surface area contributed by atoms with Gasteiger partial charge >= 0.3 is 0 Å². The lowest BCUT2D eigenvalue weighted by Crippen LogP contribution is -2.36. The van der Waals surface area contributed by atoms with Crippen molar-refractivity contribution < 1.29 is 4.79 Å². The average Bonchev–Trinajstić information content (AvgIpc) is 2.53. The lowest BCUT2D eigenvalue weighted by Gasteiger charge is -2.26. The van der Waals surface area contributed by atoms with Gasteiger partial charge in [0, 0.05) is 19.6 Å². The lowest BCUT2D eigenvalue weighted by molar-refractivity contribution is 0.0684. The molecule has 2 rings (SSSR count). The molecule has 0 radical (unpaired) electrons. The Bertz CT molecular complexity index is 579. The summed E-state index contributed by atoms with van der Waals surface area (Å²) in [6.07, 6.45) is 1.67. The second-order valence-corrected chi connectivity index (χ2v) is 5.19. The largest absolute Gasteiger partial charge is 0.387 e. The number of rotatable bonds is 5. The Morgan fingerprint density at radius 2 is 1.90 bits per heavy atom. The van der Waals surface area contributed by atoms with E-state index in [2.05, 4.69) is 10.3 Å². The number of carbonyl (C=O) groups is 1. The third kappa shape index (κ3) is 3.81. The van der Waals surface area contributed by atoms with Crippen molar-refractivity contribution in [1.29, 1.82) is 0 Å². The summed E-state index contributed by atoms with van der Waals surface area (Å²) in [5.74, 6) is -0.0449. The summed E-state index contributed by atoms with van der Waals surface area (Å²) in [5.41, 5.74) is 2.48. The number of amides is 1. The molecule has 0 saturated heterocycles. The highest BCUT2D eigenvalue weighted by atomic mass is 16.2. The molecule has 2 aromatic rings. The Hall–Kier alpha value is -2.36. The van der Waals surface area contributed by atoms with E-state index in [0.717, 1.165) is 11.3 Å². The smallest absolute Gasteiger partial charge is 0.272 e. The normalized spacial score (nSPS) is 10.5. The van der Waals surface area contributed by atoms with Crippen LogP contribution >= 0.6 is 0 Å². The Kier molecular flexibility index (Phi) is 4.93. The highest BCUT2D eigenvalue weighted by Gasteiger charge is 2.20. The van der Waals surface area contributed by atoms with Crippen LogP contribution in [0.15, 0.2) is 48.7 Å². The molecule has 0 fully saturated rings. The van der Waals surface area contributed by atoms with Gasteiger partial charge in [-0.25, -0.2) is 4.98 Å². The molecular formula is C17H21N3O. The molecule has 1 heterocycles. The van der Waals surface area contributed by atoms with E-state index < -0.39 is 0 Å². The fourth-order valence-electron chi connectivity index (χ4n) is 2.08. The van der Waals surface area contributed by atoms with Crippen LogP contribution in [-0.2, 0) is 6.54 Å². The van der Waals surface area contributed by atoms with Gasteiger partial charge in [-0.15, -0.1) is 0 Å². The number of nitrogens with one attached hydrogen (secondary N) is 1. The molecule has 1 N–H and O–H groups in total. The highest BCUT2D eigenvalue weighted by molar-refractivity contribution is 5.92. The second-order valence-electron chi connectivity index (χ2n) is 5.19. The topological polar surface area (TPSA) is 45.2 Å². The van der Waals surface area contributed by atoms with Gasteiger partial charge in [-0.05, 0) is 31.5 Å². The monoisotopic (exact) mass is 283 g/mol. The molecule has 110 valence electrons. The Balaban J connectivity index is 2.18. The summed E-state index contributed by atoms with van der Waals surface area (Å²) in [6.45, 7) is 4.62. The molecule has 4 nitrogen and oxygen atoms in total. The maximum absolute atomic E-state index is 12.6. The molecule has 0 aliphatic carbocycles. The van der Waals surface area contributed by atoms with Crippen LogP contribution in [0.2, 0.25) is 0 Å². The van der Waals surface area contributed by atoms with Crippen molar-refractivity contribution in [2.75, 3.05) is 12.4 Å². The number of anilines is 1. The van der Waals surface area contributed by atoms with Crippen molar-refractivity contribution in [2.24, 2.45) is 0 Å². The first-order chi connectivity index (χ1) is 10.1. The summed E-state index contributed by atoms with van der Waals surface area (Å²) in [7, 11) is 1.83. The zero-order valence-corrected chi connectivity index (χ0v) is 12.7. The van der Waals surface area contributed by atoms with E-state index in [1.807, 2.05) is 62.2 Å². The standard InChI is InChI=1S/C17H21N3O/c1-13(2)20(12-14-7-5-4-6-8-14)17(21)16-10-9-15(18-3)11-19-16/h4-11,13,18H,12H2,1-3H3. The molecule has 0 bridgehead atoms. The van der Waals surface area contributed by atoms with Gasteiger partial charge in [0.25, 0.3) is 5.91 Å². The van der Waals surface area contributed by atoms with E-state index in [9.17, 15) is 4.79 Å². The third-order valence-corrected chi connectivity index (χ3v) is 3.35. The van der Waals surface area contributed by atoms with Crippen LogP contribution < -0.4 is 5.32 Å². The van der Waals surface area contributed by atoms with Gasteiger partial charge in [-0.1, -0.05) is 30.3 Å². The lowest BCUT2D eigenvalue weighted by atomic mass is 10.1. The first kappa shape index (κ1) is 15.0. The Morgan fingerprint density at radius 1 is 1.19 bits per heavy atom. The van der Waals surface area contributed by atoms with Gasteiger partial charge in [0.2, 0.25) is 0 Å². The van der Waals surface area contributed by atoms with Crippen molar-refractivity contribution >= 4 is 11.6 Å². The molecule has 1 amide bonds. The van der Waals surface area contributed by atoms with E-state index in [0.29, 0.717) is 12.2 Å². The predicted molar refractivity (Wildman–Crippen MR) is 85.2 cm³/mol. The molecular weight excluding hydrogens is 262 g/mol. The molecule has 0 unspecified atom stereocenters. The summed E-state index contributed by atoms with van der Waals surface area (Å²) in [5, 5.41) is 3.00. The second kappa shape index (κ2) is 6.88. The van der Waals surface area contributed by atoms with Gasteiger partial charge in [-0.3, -0.25) is 4.79 Å². The number of nitrogens with zero attached hydrogens (tertiary/aromatic N) is 2. The third-order valence-electron chi connectivity index (χ3n) is 3.35. The van der Waals surface area contributed by atoms with Crippen molar-refractivity contribution in [3.63, 3.8) is 0 Å². The van der Waals surface area contributed by atoms with Crippen molar-refractivity contribution in [3.05, 3.63) is 59.9 Å². The number of hydrogen-bond donors (Lipinski definition) is 1. The van der Waals surface area contributed by atoms with E-state index in [4.69, 9.17) is 0 Å². The Labute approximate surface area is 125 Å². The van der Waals surface area contributed by atoms with Crippen LogP contribution in [0.25, 0.3) is 0 Å². The van der Waals surface area contributed by atoms with Gasteiger partial charge in [0.1, 0.15) is 5.69 Å². The highest BCUT2D eigenvalue weighted by Crippen LogP contribution is 2.13. The molecule has 1 aromatic heterocycles. The maximum Gasteiger partial charge on any atom is 0.272 e. The van der Waals surface area contributed by atoms with Crippen LogP contribution in [0.1, 0.15) is 29.9 Å². The fourth-order valence-corrected chi connectivity index (χ4v) is 2.08. The quantitative estimate of drug-likeness (QED) is 0.916. The first-order valence-electron chi connectivity index (χ1n) is 7.10. The number of aromatic nitrogens is 1. The molecule has 0 saturated carbocycles. The molecule has 0 aliphatic heterocycles. The van der Waals surface area contributed by atoms with Gasteiger partial charge in [0.15, 0.2) is 0 Å². The van der Waals surface area contributed by atoms with Gasteiger partial charge < -0.3 is 10.2 Å². The van der Waals surface area contributed by atoms with Crippen molar-refractivity contribution in [2.45, 2.75) is 26.4 Å². The van der Waals surface area contributed by atoms with Crippen molar-refractivity contribution in [3.8, 4) is 0 Å². The maximum atomic E-state index is 12.6. The van der Waals surface area contributed by atoms with Crippen LogP contribution in [0.5, 0.6) is 0 Å². The zero-order chi connectivity index (χ0) is 15.2. The number of pyridine rings is 1. The molecule has 21 heavy (non-hydrogen) atoms. The predicted octanol–water partition coefficient (Wildman–Crippen LogP) is 3.17. The minimum atomic E-state index is -0.0449. The minimum Gasteiger partial charge on any atom is -0.387 e. The summed E-state index contributed by atoms with van der Waals surface area (Å²) in [4.78, 5) is 18.7. The van der Waals surface area contributed by atoms with E-state index in [-0.39, 0.29) is 11.9 Å². The molecule has 0 spiro atoms. The molecule has 1 aromatic carbocycles. The van der Waals surface area contributed by atoms with Crippen molar-refractivity contribution in [1.82, 2.24) is 9.88 Å². The van der Waals surface area contributed by atoms with E-state index in [1.54, 1.807) is 12.3 Å². The SMILES string of the molecule is CNc1ccc(C(=O)N(Cc2ccccc2)C(C)C)nc1. The summed E-state index contributed by atoms with van der Waals surface area (Å²) in [6, 6.07) is 13.7.